The van der Waals surface area contributed by atoms with E-state index < -0.39 is 12.0 Å². The predicted molar refractivity (Wildman–Crippen MR) is 52.6 cm³/mol. The monoisotopic (exact) mass is 278 g/mol. The molecule has 2 aromatic rings. The van der Waals surface area contributed by atoms with E-state index >= 15 is 0 Å². The summed E-state index contributed by atoms with van der Waals surface area (Å²) in [5, 5.41) is 0. The maximum Gasteiger partial charge on any atom is 0.450 e. The molecular weight excluding hydrogens is 273 g/mol. The molecule has 0 atom stereocenters. The fourth-order valence-corrected chi connectivity index (χ4v) is 1.85. The predicted octanol–water partition coefficient (Wildman–Crippen LogP) is 3.42. The van der Waals surface area contributed by atoms with Gasteiger partial charge in [-0.3, -0.25) is 4.40 Å². The van der Waals surface area contributed by atoms with Gasteiger partial charge in [-0.2, -0.15) is 13.2 Å². The molecule has 0 aromatic carbocycles. The molecule has 0 bridgehead atoms. The summed E-state index contributed by atoms with van der Waals surface area (Å²) >= 11 is 3.00. The highest BCUT2D eigenvalue weighted by Crippen LogP contribution is 2.31. The van der Waals surface area contributed by atoms with Crippen LogP contribution < -0.4 is 0 Å². The number of pyridine rings is 1. The fraction of sp³-hybridized carbons (Fsp3) is 0.222. The van der Waals surface area contributed by atoms with Gasteiger partial charge in [0.2, 0.25) is 5.82 Å². The first-order valence-corrected chi connectivity index (χ1v) is 4.90. The van der Waals surface area contributed by atoms with E-state index in [0.29, 0.717) is 5.52 Å². The molecule has 0 N–H and O–H groups in total. The highest BCUT2D eigenvalue weighted by Gasteiger charge is 2.36. The second kappa shape index (κ2) is 3.23. The van der Waals surface area contributed by atoms with Gasteiger partial charge in [-0.05, 0) is 34.5 Å². The molecule has 0 unspecified atom stereocenters. The lowest BCUT2D eigenvalue weighted by Gasteiger charge is -2.05. The normalized spacial score (nSPS) is 12.3. The van der Waals surface area contributed by atoms with Crippen LogP contribution in [0.4, 0.5) is 13.2 Å². The van der Waals surface area contributed by atoms with Crippen LogP contribution in [0.15, 0.2) is 22.9 Å². The van der Waals surface area contributed by atoms with E-state index in [2.05, 4.69) is 20.9 Å². The molecule has 15 heavy (non-hydrogen) atoms. The van der Waals surface area contributed by atoms with Crippen LogP contribution in [-0.2, 0) is 6.18 Å². The molecule has 0 radical (unpaired) electrons. The van der Waals surface area contributed by atoms with Crippen LogP contribution in [0, 0.1) is 6.92 Å². The van der Waals surface area contributed by atoms with E-state index in [1.807, 2.05) is 0 Å². The molecule has 0 fully saturated rings. The summed E-state index contributed by atoms with van der Waals surface area (Å²) in [5.74, 6) is -0.909. The molecule has 0 aliphatic rings. The summed E-state index contributed by atoms with van der Waals surface area (Å²) < 4.78 is 38.9. The lowest BCUT2D eigenvalue weighted by molar-refractivity contribution is -0.145. The van der Waals surface area contributed by atoms with Gasteiger partial charge in [0.1, 0.15) is 4.60 Å². The Morgan fingerprint density at radius 3 is 2.60 bits per heavy atom. The molecule has 0 amide bonds. The Balaban J connectivity index is 2.81. The van der Waals surface area contributed by atoms with E-state index in [-0.39, 0.29) is 4.60 Å². The first-order valence-electron chi connectivity index (χ1n) is 4.11. The number of aryl methyl sites for hydroxylation is 1. The summed E-state index contributed by atoms with van der Waals surface area (Å²) in [5.41, 5.74) is 1.16. The topological polar surface area (TPSA) is 17.3 Å². The molecule has 0 spiro atoms. The zero-order valence-corrected chi connectivity index (χ0v) is 9.22. The molecule has 2 rings (SSSR count). The first kappa shape index (κ1) is 10.5. The van der Waals surface area contributed by atoms with Crippen molar-refractivity contribution in [3.63, 3.8) is 0 Å². The lowest BCUT2D eigenvalue weighted by atomic mass is 10.3. The molecular formula is C9H6BrF3N2. The minimum atomic E-state index is -4.44. The minimum absolute atomic E-state index is 0.204. The molecule has 2 aromatic heterocycles. The van der Waals surface area contributed by atoms with Crippen LogP contribution >= 0.6 is 15.9 Å². The Bertz CT molecular complexity index is 516. The maximum atomic E-state index is 12.6. The van der Waals surface area contributed by atoms with E-state index in [1.165, 1.54) is 6.20 Å². The number of hydrogen-bond acceptors (Lipinski definition) is 1. The minimum Gasteiger partial charge on any atom is -0.295 e. The maximum absolute atomic E-state index is 12.6. The Morgan fingerprint density at radius 1 is 1.33 bits per heavy atom. The van der Waals surface area contributed by atoms with Crippen molar-refractivity contribution in [1.29, 1.82) is 0 Å². The van der Waals surface area contributed by atoms with Gasteiger partial charge in [0, 0.05) is 6.20 Å². The second-order valence-electron chi connectivity index (χ2n) is 3.19. The highest BCUT2D eigenvalue weighted by molar-refractivity contribution is 9.10. The molecule has 0 aliphatic carbocycles. The molecule has 0 saturated carbocycles. The number of rotatable bonds is 0. The quantitative estimate of drug-likeness (QED) is 0.722. The van der Waals surface area contributed by atoms with Crippen molar-refractivity contribution in [3.05, 3.63) is 34.3 Å². The average molecular weight is 279 g/mol. The van der Waals surface area contributed by atoms with Gasteiger partial charge in [0.15, 0.2) is 0 Å². The molecule has 0 aliphatic heterocycles. The fourth-order valence-electron chi connectivity index (χ4n) is 1.35. The van der Waals surface area contributed by atoms with E-state index in [9.17, 15) is 13.2 Å². The number of fused-ring (bicyclic) bond motifs is 1. The third-order valence-electron chi connectivity index (χ3n) is 1.99. The SMILES string of the molecule is Cc1ccc2c(Br)nc(C(F)(F)F)n2c1. The van der Waals surface area contributed by atoms with Gasteiger partial charge in [-0.15, -0.1) is 0 Å². The van der Waals surface area contributed by atoms with Crippen molar-refractivity contribution in [2.75, 3.05) is 0 Å². The Hall–Kier alpha value is -1.04. The van der Waals surface area contributed by atoms with Crippen LogP contribution in [0.3, 0.4) is 0 Å². The Labute approximate surface area is 91.9 Å². The van der Waals surface area contributed by atoms with Crippen molar-refractivity contribution in [1.82, 2.24) is 9.38 Å². The number of nitrogens with zero attached hydrogens (tertiary/aromatic N) is 2. The summed E-state index contributed by atoms with van der Waals surface area (Å²) in [6.45, 7) is 1.73. The zero-order valence-electron chi connectivity index (χ0n) is 7.64. The summed E-state index contributed by atoms with van der Waals surface area (Å²) in [6, 6.07) is 3.34. The number of halogens is 4. The van der Waals surface area contributed by atoms with Crippen LogP contribution in [0.25, 0.3) is 5.52 Å². The molecule has 2 heterocycles. The number of aromatic nitrogens is 2. The van der Waals surface area contributed by atoms with Crippen LogP contribution in [0.1, 0.15) is 11.4 Å². The van der Waals surface area contributed by atoms with Crippen molar-refractivity contribution < 1.29 is 13.2 Å². The molecule has 6 heteroatoms. The van der Waals surface area contributed by atoms with E-state index in [4.69, 9.17) is 0 Å². The van der Waals surface area contributed by atoms with E-state index in [0.717, 1.165) is 9.96 Å². The second-order valence-corrected chi connectivity index (χ2v) is 3.94. The number of imidazole rings is 1. The summed E-state index contributed by atoms with van der Waals surface area (Å²) in [4.78, 5) is 3.46. The van der Waals surface area contributed by atoms with Crippen molar-refractivity contribution in [3.8, 4) is 0 Å². The molecule has 80 valence electrons. The molecule has 0 saturated heterocycles. The van der Waals surface area contributed by atoms with Gasteiger partial charge < -0.3 is 0 Å². The number of hydrogen-bond donors (Lipinski definition) is 0. The third kappa shape index (κ3) is 1.73. The number of alkyl halides is 3. The Kier molecular flexibility index (Phi) is 2.26. The third-order valence-corrected chi connectivity index (χ3v) is 2.58. The summed E-state index contributed by atoms with van der Waals surface area (Å²) in [6.07, 6.45) is -3.03. The van der Waals surface area contributed by atoms with Crippen molar-refractivity contribution in [2.24, 2.45) is 0 Å². The van der Waals surface area contributed by atoms with Gasteiger partial charge in [0.05, 0.1) is 5.52 Å². The van der Waals surface area contributed by atoms with Gasteiger partial charge in [0.25, 0.3) is 0 Å². The zero-order chi connectivity index (χ0) is 11.2. The highest BCUT2D eigenvalue weighted by atomic mass is 79.9. The van der Waals surface area contributed by atoms with Crippen LogP contribution in [0.5, 0.6) is 0 Å². The largest absolute Gasteiger partial charge is 0.450 e. The van der Waals surface area contributed by atoms with Crippen LogP contribution in [0.2, 0.25) is 0 Å². The van der Waals surface area contributed by atoms with Gasteiger partial charge >= 0.3 is 6.18 Å². The first-order chi connectivity index (χ1) is 6.89. The lowest BCUT2D eigenvalue weighted by Crippen LogP contribution is -2.10. The van der Waals surface area contributed by atoms with Crippen molar-refractivity contribution in [2.45, 2.75) is 13.1 Å². The van der Waals surface area contributed by atoms with E-state index in [1.54, 1.807) is 19.1 Å². The van der Waals surface area contributed by atoms with Gasteiger partial charge in [-0.1, -0.05) is 6.07 Å². The van der Waals surface area contributed by atoms with Crippen molar-refractivity contribution >= 4 is 21.4 Å². The smallest absolute Gasteiger partial charge is 0.295 e. The van der Waals surface area contributed by atoms with Gasteiger partial charge in [-0.25, -0.2) is 4.98 Å². The average Bonchev–Trinajstić information content (AvgIpc) is 2.42. The van der Waals surface area contributed by atoms with Crippen LogP contribution in [-0.4, -0.2) is 9.38 Å². The Morgan fingerprint density at radius 2 is 2.00 bits per heavy atom. The molecule has 2 nitrogen and oxygen atoms in total. The summed E-state index contributed by atoms with van der Waals surface area (Å²) in [7, 11) is 0. The standard InChI is InChI=1S/C9H6BrF3N2/c1-5-2-3-6-7(10)14-8(9(11,12)13)15(6)4-5/h2-4H,1H3.